The lowest BCUT2D eigenvalue weighted by atomic mass is 9.94. The lowest BCUT2D eigenvalue weighted by molar-refractivity contribution is -0.316. The molecule has 0 aromatic rings. The quantitative estimate of drug-likeness (QED) is 0.556. The van der Waals surface area contributed by atoms with E-state index in [0.29, 0.717) is 0 Å². The fraction of sp³-hybridized carbons (Fsp3) is 0.867. The Bertz CT molecular complexity index is 414. The Hall–Kier alpha value is -1.26. The summed E-state index contributed by atoms with van der Waals surface area (Å²) in [6, 6.07) is 0. The van der Waals surface area contributed by atoms with Crippen LogP contribution in [0.3, 0.4) is 0 Å². The summed E-state index contributed by atoms with van der Waals surface area (Å²) in [4.78, 5) is 22.9. The molecule has 24 heavy (non-hydrogen) atoms. The van der Waals surface area contributed by atoms with Gasteiger partial charge in [-0.05, 0) is 0 Å². The molecule has 1 aliphatic rings. The summed E-state index contributed by atoms with van der Waals surface area (Å²) in [5.41, 5.74) is 0. The third-order valence-electron chi connectivity index (χ3n) is 3.62. The van der Waals surface area contributed by atoms with Crippen LogP contribution in [0.1, 0.15) is 13.8 Å². The lowest BCUT2D eigenvalue weighted by Crippen LogP contribution is -2.64. The average molecular weight is 350 g/mol. The zero-order chi connectivity index (χ0) is 18.3. The van der Waals surface area contributed by atoms with E-state index in [4.69, 9.17) is 33.2 Å². The third-order valence-corrected chi connectivity index (χ3v) is 3.62. The average Bonchev–Trinajstić information content (AvgIpc) is 2.52. The molecule has 0 radical (unpaired) electrons. The number of rotatable bonds is 8. The first-order chi connectivity index (χ1) is 11.4. The van der Waals surface area contributed by atoms with Gasteiger partial charge in [0.15, 0.2) is 18.5 Å². The third kappa shape index (κ3) is 5.12. The molecule has 0 saturated carbocycles. The van der Waals surface area contributed by atoms with Gasteiger partial charge in [0.1, 0.15) is 18.3 Å². The first-order valence-electron chi connectivity index (χ1n) is 7.46. The number of carbonyl (C=O) groups excluding carboxylic acids is 2. The van der Waals surface area contributed by atoms with Crippen LogP contribution in [0.4, 0.5) is 0 Å². The zero-order valence-corrected chi connectivity index (χ0v) is 14.8. The van der Waals surface area contributed by atoms with E-state index in [1.807, 2.05) is 0 Å². The minimum Gasteiger partial charge on any atom is -0.457 e. The summed E-state index contributed by atoms with van der Waals surface area (Å²) in [5, 5.41) is 0. The van der Waals surface area contributed by atoms with Gasteiger partial charge in [-0.25, -0.2) is 0 Å². The number of methoxy groups -OCH3 is 4. The van der Waals surface area contributed by atoms with E-state index >= 15 is 0 Å². The van der Waals surface area contributed by atoms with Crippen molar-refractivity contribution < 1.29 is 42.7 Å². The van der Waals surface area contributed by atoms with Gasteiger partial charge in [-0.15, -0.1) is 0 Å². The van der Waals surface area contributed by atoms with E-state index in [1.165, 1.54) is 42.3 Å². The van der Waals surface area contributed by atoms with Gasteiger partial charge in [-0.1, -0.05) is 0 Å². The summed E-state index contributed by atoms with van der Waals surface area (Å²) in [5.74, 6) is -1.04. The molecule has 0 amide bonds. The second-order valence-corrected chi connectivity index (χ2v) is 5.28. The van der Waals surface area contributed by atoms with Crippen molar-refractivity contribution in [3.05, 3.63) is 0 Å². The molecule has 6 unspecified atom stereocenters. The van der Waals surface area contributed by atoms with Crippen LogP contribution < -0.4 is 0 Å². The summed E-state index contributed by atoms with van der Waals surface area (Å²) in [6.45, 7) is 2.59. The fourth-order valence-corrected chi connectivity index (χ4v) is 2.74. The van der Waals surface area contributed by atoms with Crippen LogP contribution in [0.5, 0.6) is 0 Å². The van der Waals surface area contributed by atoms with Gasteiger partial charge in [0.05, 0.1) is 6.61 Å². The predicted molar refractivity (Wildman–Crippen MR) is 80.2 cm³/mol. The van der Waals surface area contributed by atoms with Crippen molar-refractivity contribution >= 4 is 11.9 Å². The highest BCUT2D eigenvalue weighted by Gasteiger charge is 2.52. The molecule has 6 atom stereocenters. The molecule has 1 rings (SSSR count). The molecule has 1 aliphatic heterocycles. The predicted octanol–water partition coefficient (Wildman–Crippen LogP) is -0.102. The Morgan fingerprint density at radius 3 is 1.96 bits per heavy atom. The molecule has 0 aromatic carbocycles. The summed E-state index contributed by atoms with van der Waals surface area (Å²) < 4.78 is 37.7. The first-order valence-corrected chi connectivity index (χ1v) is 7.46. The summed E-state index contributed by atoms with van der Waals surface area (Å²) in [7, 11) is 5.83. The molecule has 9 nitrogen and oxygen atoms in total. The molecule has 1 saturated heterocycles. The zero-order valence-electron chi connectivity index (χ0n) is 14.8. The van der Waals surface area contributed by atoms with Crippen LogP contribution in [0.2, 0.25) is 0 Å². The van der Waals surface area contributed by atoms with Crippen molar-refractivity contribution in [3.63, 3.8) is 0 Å². The smallest absolute Gasteiger partial charge is 0.303 e. The van der Waals surface area contributed by atoms with Gasteiger partial charge in [0, 0.05) is 42.3 Å². The van der Waals surface area contributed by atoms with E-state index < -0.39 is 48.7 Å². The molecular formula is C15H26O9. The molecule has 0 aromatic heterocycles. The van der Waals surface area contributed by atoms with E-state index in [0.717, 1.165) is 0 Å². The molecular weight excluding hydrogens is 324 g/mol. The summed E-state index contributed by atoms with van der Waals surface area (Å²) in [6.07, 6.45) is -4.65. The maximum absolute atomic E-state index is 11.5. The van der Waals surface area contributed by atoms with E-state index in [1.54, 1.807) is 0 Å². The maximum Gasteiger partial charge on any atom is 0.303 e. The van der Waals surface area contributed by atoms with Crippen LogP contribution in [-0.2, 0) is 42.7 Å². The molecule has 1 heterocycles. The minimum absolute atomic E-state index is 0.0481. The van der Waals surface area contributed by atoms with Crippen LogP contribution in [0.15, 0.2) is 0 Å². The Kier molecular flexibility index (Phi) is 8.57. The van der Waals surface area contributed by atoms with Crippen LogP contribution in [0, 0.1) is 0 Å². The highest BCUT2D eigenvalue weighted by atomic mass is 16.7. The van der Waals surface area contributed by atoms with Crippen LogP contribution in [-0.4, -0.2) is 83.8 Å². The maximum atomic E-state index is 11.5. The van der Waals surface area contributed by atoms with Gasteiger partial charge < -0.3 is 33.2 Å². The molecule has 0 bridgehead atoms. The monoisotopic (exact) mass is 350 g/mol. The number of esters is 2. The Morgan fingerprint density at radius 1 is 0.917 bits per heavy atom. The SMILES string of the molecule is COCC(OC(C)=O)C1OC(OC)C(OC)C(OC)C1OC(C)=O. The topological polar surface area (TPSA) is 98.8 Å². The van der Waals surface area contributed by atoms with Crippen molar-refractivity contribution in [2.24, 2.45) is 0 Å². The van der Waals surface area contributed by atoms with Gasteiger partial charge >= 0.3 is 11.9 Å². The molecule has 9 heteroatoms. The van der Waals surface area contributed by atoms with Crippen molar-refractivity contribution in [2.45, 2.75) is 50.7 Å². The molecule has 1 fully saturated rings. The van der Waals surface area contributed by atoms with E-state index in [9.17, 15) is 9.59 Å². The van der Waals surface area contributed by atoms with Crippen molar-refractivity contribution in [3.8, 4) is 0 Å². The normalized spacial score (nSPS) is 31.3. The van der Waals surface area contributed by atoms with Crippen LogP contribution in [0.25, 0.3) is 0 Å². The Balaban J connectivity index is 3.18. The van der Waals surface area contributed by atoms with E-state index in [2.05, 4.69) is 0 Å². The number of ether oxygens (including phenoxy) is 7. The lowest BCUT2D eigenvalue weighted by Gasteiger charge is -2.45. The first kappa shape index (κ1) is 20.8. The summed E-state index contributed by atoms with van der Waals surface area (Å²) >= 11 is 0. The number of hydrogen-bond donors (Lipinski definition) is 0. The highest BCUT2D eigenvalue weighted by Crippen LogP contribution is 2.30. The van der Waals surface area contributed by atoms with Gasteiger partial charge in [-0.3, -0.25) is 9.59 Å². The van der Waals surface area contributed by atoms with Crippen molar-refractivity contribution in [2.75, 3.05) is 35.0 Å². The second kappa shape index (κ2) is 9.90. The number of carbonyl (C=O) groups is 2. The standard InChI is InChI=1S/C15H26O9/c1-8(16)22-10(7-18-3)11-13(23-9(2)17)12(19-4)14(20-5)15(21-6)24-11/h10-15H,7H2,1-6H3. The van der Waals surface area contributed by atoms with E-state index in [-0.39, 0.29) is 6.61 Å². The molecule has 0 aliphatic carbocycles. The van der Waals surface area contributed by atoms with Gasteiger partial charge in [0.2, 0.25) is 0 Å². The molecule has 0 N–H and O–H groups in total. The second-order valence-electron chi connectivity index (χ2n) is 5.28. The molecule has 140 valence electrons. The van der Waals surface area contributed by atoms with Crippen LogP contribution >= 0.6 is 0 Å². The molecule has 0 spiro atoms. The van der Waals surface area contributed by atoms with Gasteiger partial charge in [0.25, 0.3) is 0 Å². The largest absolute Gasteiger partial charge is 0.457 e. The minimum atomic E-state index is -0.872. The van der Waals surface area contributed by atoms with Crippen molar-refractivity contribution in [1.29, 1.82) is 0 Å². The Morgan fingerprint density at radius 2 is 1.54 bits per heavy atom. The van der Waals surface area contributed by atoms with Gasteiger partial charge in [-0.2, -0.15) is 0 Å². The Labute approximate surface area is 141 Å². The van der Waals surface area contributed by atoms with Crippen molar-refractivity contribution in [1.82, 2.24) is 0 Å². The highest BCUT2D eigenvalue weighted by molar-refractivity contribution is 5.67. The fourth-order valence-electron chi connectivity index (χ4n) is 2.74. The number of hydrogen-bond acceptors (Lipinski definition) is 9.